The summed E-state index contributed by atoms with van der Waals surface area (Å²) >= 11 is 12.6. The van der Waals surface area contributed by atoms with Gasteiger partial charge in [-0.25, -0.2) is 8.42 Å². The van der Waals surface area contributed by atoms with Crippen molar-refractivity contribution in [3.63, 3.8) is 0 Å². The Morgan fingerprint density at radius 2 is 1.57 bits per heavy atom. The maximum Gasteiger partial charge on any atom is 0.416 e. The van der Waals surface area contributed by atoms with E-state index in [0.717, 1.165) is 17.7 Å². The lowest BCUT2D eigenvalue weighted by Gasteiger charge is -2.34. The second kappa shape index (κ2) is 16.1. The number of sulfonamides is 1. The van der Waals surface area contributed by atoms with Crippen molar-refractivity contribution >= 4 is 50.7 Å². The summed E-state index contributed by atoms with van der Waals surface area (Å²) in [6, 6.07) is 21.6. The molecule has 0 fully saturated rings. The quantitative estimate of drug-likeness (QED) is 0.151. The highest BCUT2D eigenvalue weighted by Gasteiger charge is 2.37. The molecule has 0 unspecified atom stereocenters. The lowest BCUT2D eigenvalue weighted by Crippen LogP contribution is -2.54. The number of aryl methyl sites for hydroxylation is 1. The molecule has 2 amide bonds. The van der Waals surface area contributed by atoms with Crippen LogP contribution in [0.25, 0.3) is 0 Å². The predicted molar refractivity (Wildman–Crippen MR) is 186 cm³/mol. The number of hydrogen-bond acceptors (Lipinski definition) is 4. The van der Waals surface area contributed by atoms with Crippen LogP contribution < -0.4 is 9.62 Å². The summed E-state index contributed by atoms with van der Waals surface area (Å²) in [4.78, 5) is 29.5. The zero-order valence-corrected chi connectivity index (χ0v) is 29.4. The third-order valence-electron chi connectivity index (χ3n) is 7.98. The Hall–Kier alpha value is -4.06. The topological polar surface area (TPSA) is 86.8 Å². The van der Waals surface area contributed by atoms with Gasteiger partial charge in [0.15, 0.2) is 0 Å². The van der Waals surface area contributed by atoms with Crippen molar-refractivity contribution in [2.75, 3.05) is 10.8 Å². The van der Waals surface area contributed by atoms with Crippen LogP contribution in [0.4, 0.5) is 18.9 Å². The molecule has 0 aromatic heterocycles. The van der Waals surface area contributed by atoms with E-state index in [0.29, 0.717) is 32.9 Å². The molecule has 1 N–H and O–H groups in total. The van der Waals surface area contributed by atoms with Gasteiger partial charge in [-0.15, -0.1) is 0 Å². The molecule has 4 rings (SSSR count). The van der Waals surface area contributed by atoms with E-state index in [4.69, 9.17) is 23.2 Å². The lowest BCUT2D eigenvalue weighted by molar-refractivity contribution is -0.140. The number of amides is 2. The van der Waals surface area contributed by atoms with E-state index in [-0.39, 0.29) is 34.6 Å². The number of alkyl halides is 3. The standard InChI is InChI=1S/C36H36Cl2F3N3O4S/c1-4-25(3)42-35(46)33(19-26-9-6-5-7-10-26)43(22-27-15-16-29(37)21-32(27)38)34(45)23-44(30-12-8-11-28(20-30)36(39,40)41)49(47,48)31-17-13-24(2)14-18-31/h5-18,20-21,25,33H,4,19,22-23H2,1-3H3,(H,42,46)/t25-,33-/m1/s1. The van der Waals surface area contributed by atoms with Crippen LogP contribution >= 0.6 is 23.2 Å². The van der Waals surface area contributed by atoms with Crippen LogP contribution in [0.5, 0.6) is 0 Å². The van der Waals surface area contributed by atoms with Crippen molar-refractivity contribution in [3.05, 3.63) is 129 Å². The zero-order valence-electron chi connectivity index (χ0n) is 27.0. The second-order valence-electron chi connectivity index (χ2n) is 11.7. The fourth-order valence-electron chi connectivity index (χ4n) is 5.03. The lowest BCUT2D eigenvalue weighted by atomic mass is 10.0. The van der Waals surface area contributed by atoms with Gasteiger partial charge in [0.05, 0.1) is 16.1 Å². The first kappa shape index (κ1) is 37.8. The molecule has 0 bridgehead atoms. The van der Waals surface area contributed by atoms with Gasteiger partial charge in [-0.3, -0.25) is 13.9 Å². The normalized spacial score (nSPS) is 13.0. The summed E-state index contributed by atoms with van der Waals surface area (Å²) < 4.78 is 70.4. The SMILES string of the molecule is CC[C@@H](C)NC(=O)[C@@H](Cc1ccccc1)N(Cc1ccc(Cl)cc1Cl)C(=O)CN(c1cccc(C(F)(F)F)c1)S(=O)(=O)c1ccc(C)cc1. The molecule has 0 aliphatic heterocycles. The van der Waals surface area contributed by atoms with Crippen molar-refractivity contribution in [1.82, 2.24) is 10.2 Å². The summed E-state index contributed by atoms with van der Waals surface area (Å²) in [6.45, 7) is 4.28. The van der Waals surface area contributed by atoms with Crippen molar-refractivity contribution in [1.29, 1.82) is 0 Å². The average Bonchev–Trinajstić information content (AvgIpc) is 3.06. The average molecular weight is 735 g/mol. The molecule has 0 aliphatic rings. The molecule has 0 spiro atoms. The Labute approximate surface area is 294 Å². The van der Waals surface area contributed by atoms with Crippen LogP contribution in [0, 0.1) is 6.92 Å². The monoisotopic (exact) mass is 733 g/mol. The fraction of sp³-hybridized carbons (Fsp3) is 0.278. The van der Waals surface area contributed by atoms with E-state index in [2.05, 4.69) is 5.32 Å². The van der Waals surface area contributed by atoms with E-state index < -0.39 is 46.2 Å². The van der Waals surface area contributed by atoms with E-state index in [9.17, 15) is 31.2 Å². The number of halogens is 5. The Morgan fingerprint density at radius 3 is 2.18 bits per heavy atom. The molecule has 4 aromatic carbocycles. The van der Waals surface area contributed by atoms with E-state index in [1.807, 2.05) is 13.8 Å². The predicted octanol–water partition coefficient (Wildman–Crippen LogP) is 8.07. The summed E-state index contributed by atoms with van der Waals surface area (Å²) in [5.41, 5.74) is 0.413. The van der Waals surface area contributed by atoms with Crippen LogP contribution in [-0.2, 0) is 38.8 Å². The van der Waals surface area contributed by atoms with E-state index >= 15 is 0 Å². The first-order chi connectivity index (χ1) is 23.1. The third-order valence-corrected chi connectivity index (χ3v) is 10.4. The number of rotatable bonds is 13. The smallest absolute Gasteiger partial charge is 0.352 e. The Kier molecular flexibility index (Phi) is 12.4. The van der Waals surface area contributed by atoms with Gasteiger partial charge in [-0.1, -0.05) is 90.3 Å². The van der Waals surface area contributed by atoms with Gasteiger partial charge < -0.3 is 10.2 Å². The molecule has 13 heteroatoms. The molecule has 4 aromatic rings. The van der Waals surface area contributed by atoms with Crippen molar-refractivity contribution in [2.45, 2.75) is 63.3 Å². The number of benzene rings is 4. The number of hydrogen-bond donors (Lipinski definition) is 1. The van der Waals surface area contributed by atoms with Crippen LogP contribution in [0.2, 0.25) is 10.0 Å². The van der Waals surface area contributed by atoms with Gasteiger partial charge in [-0.05, 0) is 73.9 Å². The first-order valence-corrected chi connectivity index (χ1v) is 17.6. The summed E-state index contributed by atoms with van der Waals surface area (Å²) in [6.07, 6.45) is -4.14. The van der Waals surface area contributed by atoms with Crippen LogP contribution in [0.15, 0.2) is 102 Å². The maximum absolute atomic E-state index is 14.6. The fourth-order valence-corrected chi connectivity index (χ4v) is 6.91. The molecule has 0 saturated heterocycles. The summed E-state index contributed by atoms with van der Waals surface area (Å²) in [5.74, 6) is -1.34. The summed E-state index contributed by atoms with van der Waals surface area (Å²) in [7, 11) is -4.60. The third kappa shape index (κ3) is 9.77. The van der Waals surface area contributed by atoms with Gasteiger partial charge in [0.2, 0.25) is 11.8 Å². The van der Waals surface area contributed by atoms with Crippen molar-refractivity contribution in [2.24, 2.45) is 0 Å². The van der Waals surface area contributed by atoms with Crippen LogP contribution in [-0.4, -0.2) is 43.8 Å². The van der Waals surface area contributed by atoms with Gasteiger partial charge in [0.1, 0.15) is 12.6 Å². The highest BCUT2D eigenvalue weighted by atomic mass is 35.5. The first-order valence-electron chi connectivity index (χ1n) is 15.4. The van der Waals surface area contributed by atoms with Crippen molar-refractivity contribution in [3.8, 4) is 0 Å². The minimum atomic E-state index is -4.79. The van der Waals surface area contributed by atoms with Gasteiger partial charge >= 0.3 is 6.18 Å². The van der Waals surface area contributed by atoms with Crippen LogP contribution in [0.1, 0.15) is 42.5 Å². The second-order valence-corrected chi connectivity index (χ2v) is 14.4. The summed E-state index contributed by atoms with van der Waals surface area (Å²) in [5, 5.41) is 3.46. The van der Waals surface area contributed by atoms with E-state index in [1.165, 1.54) is 29.2 Å². The maximum atomic E-state index is 14.6. The molecular weight excluding hydrogens is 698 g/mol. The Balaban J connectivity index is 1.87. The number of carbonyl (C=O) groups is 2. The Morgan fingerprint density at radius 1 is 0.898 bits per heavy atom. The number of nitrogens with one attached hydrogen (secondary N) is 1. The van der Waals surface area contributed by atoms with Gasteiger partial charge in [-0.2, -0.15) is 13.2 Å². The molecule has 49 heavy (non-hydrogen) atoms. The molecule has 7 nitrogen and oxygen atoms in total. The molecular formula is C36H36Cl2F3N3O4S. The molecule has 0 aliphatic carbocycles. The van der Waals surface area contributed by atoms with Crippen molar-refractivity contribution < 1.29 is 31.2 Å². The van der Waals surface area contributed by atoms with Crippen LogP contribution in [0.3, 0.4) is 0 Å². The van der Waals surface area contributed by atoms with Gasteiger partial charge in [0, 0.05) is 29.1 Å². The molecule has 260 valence electrons. The zero-order chi connectivity index (χ0) is 35.9. The largest absolute Gasteiger partial charge is 0.416 e. The minimum absolute atomic E-state index is 0.0499. The highest BCUT2D eigenvalue weighted by molar-refractivity contribution is 7.92. The number of anilines is 1. The highest BCUT2D eigenvalue weighted by Crippen LogP contribution is 2.34. The molecule has 0 saturated carbocycles. The number of carbonyl (C=O) groups excluding carboxylic acids is 2. The molecule has 0 radical (unpaired) electrons. The van der Waals surface area contributed by atoms with E-state index in [1.54, 1.807) is 61.5 Å². The Bertz CT molecular complexity index is 1870. The molecule has 2 atom stereocenters. The minimum Gasteiger partial charge on any atom is -0.352 e. The number of nitrogens with zero attached hydrogens (tertiary/aromatic N) is 2. The van der Waals surface area contributed by atoms with Gasteiger partial charge in [0.25, 0.3) is 10.0 Å². The molecule has 0 heterocycles.